The minimum atomic E-state index is -1.10. The fourth-order valence-electron chi connectivity index (χ4n) is 5.34. The van der Waals surface area contributed by atoms with Crippen molar-refractivity contribution in [2.75, 3.05) is 5.32 Å². The SMILES string of the molecule is O=C(O)c1ccc(NC(=O)C(CC2CCCC2)n2ncc(Oc3cccc4c3CCCC4)cc2=O)nc1. The monoisotopic (exact) mass is 502 g/mol. The largest absolute Gasteiger partial charge is 0.478 e. The summed E-state index contributed by atoms with van der Waals surface area (Å²) in [5, 5.41) is 16.1. The molecule has 1 fully saturated rings. The van der Waals surface area contributed by atoms with Crippen LogP contribution in [0, 0.1) is 5.92 Å². The number of carbonyl (C=O) groups is 2. The molecule has 2 aliphatic carbocycles. The Morgan fingerprint density at radius 3 is 2.62 bits per heavy atom. The first-order chi connectivity index (χ1) is 18.0. The van der Waals surface area contributed by atoms with Gasteiger partial charge in [-0.25, -0.2) is 14.5 Å². The van der Waals surface area contributed by atoms with Crippen LogP contribution in [0.5, 0.6) is 11.5 Å². The zero-order valence-corrected chi connectivity index (χ0v) is 20.6. The van der Waals surface area contributed by atoms with Crippen molar-refractivity contribution in [3.63, 3.8) is 0 Å². The molecule has 2 aromatic heterocycles. The number of anilines is 1. The van der Waals surface area contributed by atoms with Crippen LogP contribution in [0.4, 0.5) is 5.82 Å². The topological polar surface area (TPSA) is 123 Å². The molecule has 9 heteroatoms. The van der Waals surface area contributed by atoms with Gasteiger partial charge in [0.25, 0.3) is 11.5 Å². The molecule has 0 aliphatic heterocycles. The third kappa shape index (κ3) is 5.71. The Morgan fingerprint density at radius 2 is 1.89 bits per heavy atom. The molecule has 1 unspecified atom stereocenters. The van der Waals surface area contributed by atoms with Gasteiger partial charge in [0.15, 0.2) is 5.75 Å². The molecule has 2 aliphatic rings. The summed E-state index contributed by atoms with van der Waals surface area (Å²) in [5.74, 6) is 0.103. The smallest absolute Gasteiger partial charge is 0.337 e. The van der Waals surface area contributed by atoms with Crippen molar-refractivity contribution in [1.82, 2.24) is 14.8 Å². The second kappa shape index (κ2) is 10.9. The highest BCUT2D eigenvalue weighted by atomic mass is 16.5. The minimum absolute atomic E-state index is 0.0219. The van der Waals surface area contributed by atoms with Crippen LogP contribution in [0.1, 0.15) is 72.5 Å². The molecule has 1 atom stereocenters. The number of hydrogen-bond acceptors (Lipinski definition) is 6. The van der Waals surface area contributed by atoms with Gasteiger partial charge in [-0.3, -0.25) is 9.59 Å². The van der Waals surface area contributed by atoms with Crippen molar-refractivity contribution < 1.29 is 19.4 Å². The van der Waals surface area contributed by atoms with Gasteiger partial charge in [-0.15, -0.1) is 0 Å². The number of pyridine rings is 1. The molecule has 5 rings (SSSR count). The third-order valence-electron chi connectivity index (χ3n) is 7.27. The summed E-state index contributed by atoms with van der Waals surface area (Å²) in [7, 11) is 0. The average Bonchev–Trinajstić information content (AvgIpc) is 3.42. The van der Waals surface area contributed by atoms with Gasteiger partial charge in [0.2, 0.25) is 0 Å². The summed E-state index contributed by atoms with van der Waals surface area (Å²) < 4.78 is 7.29. The molecule has 0 bridgehead atoms. The van der Waals surface area contributed by atoms with E-state index in [-0.39, 0.29) is 11.4 Å². The van der Waals surface area contributed by atoms with Crippen molar-refractivity contribution in [3.05, 3.63) is 75.8 Å². The van der Waals surface area contributed by atoms with E-state index in [1.807, 2.05) is 12.1 Å². The number of fused-ring (bicyclic) bond motifs is 1. The fraction of sp³-hybridized carbons (Fsp3) is 0.393. The van der Waals surface area contributed by atoms with Crippen LogP contribution in [0.25, 0.3) is 0 Å². The molecule has 0 saturated heterocycles. The number of carboxylic acid groups (broad SMARTS) is 1. The third-order valence-corrected chi connectivity index (χ3v) is 7.27. The zero-order valence-electron chi connectivity index (χ0n) is 20.6. The molecule has 1 aromatic carbocycles. The fourth-order valence-corrected chi connectivity index (χ4v) is 5.34. The van der Waals surface area contributed by atoms with Crippen LogP contribution in [0.2, 0.25) is 0 Å². The number of nitrogens with zero attached hydrogens (tertiary/aromatic N) is 3. The van der Waals surface area contributed by atoms with Crippen LogP contribution >= 0.6 is 0 Å². The lowest BCUT2D eigenvalue weighted by atomic mass is 9.91. The van der Waals surface area contributed by atoms with E-state index in [0.29, 0.717) is 18.1 Å². The molecule has 192 valence electrons. The van der Waals surface area contributed by atoms with E-state index in [0.717, 1.165) is 57.1 Å². The number of amides is 1. The Morgan fingerprint density at radius 1 is 1.08 bits per heavy atom. The Labute approximate surface area is 214 Å². The Bertz CT molecular complexity index is 1350. The molecular formula is C28H30N4O5. The van der Waals surface area contributed by atoms with E-state index < -0.39 is 23.5 Å². The molecule has 2 heterocycles. The maximum Gasteiger partial charge on any atom is 0.337 e. The number of benzene rings is 1. The maximum atomic E-state index is 13.3. The second-order valence-corrected chi connectivity index (χ2v) is 9.81. The molecule has 0 spiro atoms. The number of hydrogen-bond donors (Lipinski definition) is 2. The van der Waals surface area contributed by atoms with Crippen molar-refractivity contribution in [1.29, 1.82) is 0 Å². The van der Waals surface area contributed by atoms with Gasteiger partial charge in [0.1, 0.15) is 17.6 Å². The Balaban J connectivity index is 1.38. The molecule has 2 N–H and O–H groups in total. The first kappa shape index (κ1) is 24.7. The molecule has 9 nitrogen and oxygen atoms in total. The number of aromatic carboxylic acids is 1. The molecule has 0 radical (unpaired) electrons. The number of nitrogens with one attached hydrogen (secondary N) is 1. The molecule has 1 saturated carbocycles. The Hall–Kier alpha value is -4.01. The van der Waals surface area contributed by atoms with Crippen molar-refractivity contribution >= 4 is 17.7 Å². The molecule has 1 amide bonds. The van der Waals surface area contributed by atoms with Gasteiger partial charge in [0, 0.05) is 12.3 Å². The first-order valence-electron chi connectivity index (χ1n) is 12.9. The van der Waals surface area contributed by atoms with Crippen molar-refractivity contribution in [2.45, 2.75) is 63.8 Å². The van der Waals surface area contributed by atoms with Crippen LogP contribution in [0.3, 0.4) is 0 Å². The highest BCUT2D eigenvalue weighted by Crippen LogP contribution is 2.33. The summed E-state index contributed by atoms with van der Waals surface area (Å²) in [4.78, 5) is 41.6. The number of aryl methyl sites for hydroxylation is 1. The first-order valence-corrected chi connectivity index (χ1v) is 12.9. The summed E-state index contributed by atoms with van der Waals surface area (Å²) in [6.07, 6.45) is 11.6. The van der Waals surface area contributed by atoms with E-state index in [2.05, 4.69) is 21.5 Å². The number of aromatic nitrogens is 3. The van der Waals surface area contributed by atoms with Crippen LogP contribution < -0.4 is 15.6 Å². The normalized spacial score (nSPS) is 16.1. The molecule has 3 aromatic rings. The lowest BCUT2D eigenvalue weighted by Crippen LogP contribution is -2.36. The number of rotatable bonds is 8. The van der Waals surface area contributed by atoms with E-state index in [1.54, 1.807) is 0 Å². The number of carboxylic acids is 1. The van der Waals surface area contributed by atoms with Crippen LogP contribution in [-0.2, 0) is 17.6 Å². The van der Waals surface area contributed by atoms with Gasteiger partial charge >= 0.3 is 5.97 Å². The van der Waals surface area contributed by atoms with Gasteiger partial charge in [0.05, 0.1) is 11.8 Å². The highest BCUT2D eigenvalue weighted by molar-refractivity contribution is 5.93. The number of ether oxygens (including phenoxy) is 1. The summed E-state index contributed by atoms with van der Waals surface area (Å²) in [6.45, 7) is 0. The highest BCUT2D eigenvalue weighted by Gasteiger charge is 2.29. The van der Waals surface area contributed by atoms with Crippen molar-refractivity contribution in [3.8, 4) is 11.5 Å². The van der Waals surface area contributed by atoms with Crippen LogP contribution in [0.15, 0.2) is 53.6 Å². The molecule has 37 heavy (non-hydrogen) atoms. The van der Waals surface area contributed by atoms with Crippen molar-refractivity contribution in [2.24, 2.45) is 5.92 Å². The van der Waals surface area contributed by atoms with Gasteiger partial charge in [-0.1, -0.05) is 37.8 Å². The minimum Gasteiger partial charge on any atom is -0.478 e. The van der Waals surface area contributed by atoms with E-state index in [9.17, 15) is 14.4 Å². The van der Waals surface area contributed by atoms with E-state index in [1.165, 1.54) is 46.4 Å². The summed E-state index contributed by atoms with van der Waals surface area (Å²) in [5.41, 5.74) is 2.06. The molecular weight excluding hydrogens is 472 g/mol. The summed E-state index contributed by atoms with van der Waals surface area (Å²) >= 11 is 0. The zero-order chi connectivity index (χ0) is 25.8. The van der Waals surface area contributed by atoms with Gasteiger partial charge in [-0.2, -0.15) is 5.10 Å². The Kier molecular flexibility index (Phi) is 7.30. The second-order valence-electron chi connectivity index (χ2n) is 9.81. The van der Waals surface area contributed by atoms with E-state index >= 15 is 0 Å². The number of carbonyl (C=O) groups excluding carboxylic acids is 1. The standard InChI is InChI=1S/C28H30N4O5/c33-26-15-21(37-24-11-5-9-19-8-3-4-10-22(19)24)17-30-32(26)23(14-18-6-1-2-7-18)27(34)31-25-13-12-20(16-29-25)28(35)36/h5,9,11-13,15-18,23H,1-4,6-8,10,14H2,(H,35,36)(H,29,31,34). The van der Waals surface area contributed by atoms with Gasteiger partial charge < -0.3 is 15.2 Å². The van der Waals surface area contributed by atoms with Crippen LogP contribution in [-0.4, -0.2) is 31.7 Å². The van der Waals surface area contributed by atoms with E-state index in [4.69, 9.17) is 9.84 Å². The predicted octanol–water partition coefficient (Wildman–Crippen LogP) is 4.77. The average molecular weight is 503 g/mol. The lowest BCUT2D eigenvalue weighted by Gasteiger charge is -2.22. The van der Waals surface area contributed by atoms with Gasteiger partial charge in [-0.05, 0) is 67.3 Å². The quantitative estimate of drug-likeness (QED) is 0.455. The summed E-state index contributed by atoms with van der Waals surface area (Å²) in [6, 6.07) is 9.35. The lowest BCUT2D eigenvalue weighted by molar-refractivity contribution is -0.120. The predicted molar refractivity (Wildman–Crippen MR) is 137 cm³/mol. The maximum absolute atomic E-state index is 13.3.